The average molecular weight is 444 g/mol. The summed E-state index contributed by atoms with van der Waals surface area (Å²) < 4.78 is 34.4. The SMILES string of the molecule is Cc1nn(-c2ccc(F)cc2)c(Oc2ccc(F)cc2)c1CCC(=O)N1CCSCC1. The van der Waals surface area contributed by atoms with E-state index in [0.29, 0.717) is 30.2 Å². The number of carbonyl (C=O) groups excluding carboxylic acids is 1. The highest BCUT2D eigenvalue weighted by molar-refractivity contribution is 7.99. The van der Waals surface area contributed by atoms with Crippen LogP contribution >= 0.6 is 11.8 Å². The molecule has 0 radical (unpaired) electrons. The van der Waals surface area contributed by atoms with E-state index in [0.717, 1.165) is 35.9 Å². The van der Waals surface area contributed by atoms with E-state index >= 15 is 0 Å². The largest absolute Gasteiger partial charge is 0.439 e. The van der Waals surface area contributed by atoms with Gasteiger partial charge in [-0.05, 0) is 61.9 Å². The van der Waals surface area contributed by atoms with Gasteiger partial charge in [-0.3, -0.25) is 4.79 Å². The maximum atomic E-state index is 13.4. The smallest absolute Gasteiger partial charge is 0.226 e. The first kappa shape index (κ1) is 21.4. The number of aromatic nitrogens is 2. The molecule has 0 aliphatic carbocycles. The van der Waals surface area contributed by atoms with Gasteiger partial charge in [0.05, 0.1) is 11.4 Å². The Morgan fingerprint density at radius 2 is 1.65 bits per heavy atom. The van der Waals surface area contributed by atoms with E-state index in [-0.39, 0.29) is 17.5 Å². The maximum absolute atomic E-state index is 13.4. The summed E-state index contributed by atoms with van der Waals surface area (Å²) in [6.07, 6.45) is 0.812. The van der Waals surface area contributed by atoms with Gasteiger partial charge in [-0.1, -0.05) is 0 Å². The third kappa shape index (κ3) is 5.07. The van der Waals surface area contributed by atoms with Crippen LogP contribution in [0.5, 0.6) is 11.6 Å². The number of halogens is 2. The number of hydrogen-bond donors (Lipinski definition) is 0. The molecular formula is C23H23F2N3O2S. The molecule has 162 valence electrons. The van der Waals surface area contributed by atoms with Crippen LogP contribution in [0.15, 0.2) is 48.5 Å². The molecule has 1 saturated heterocycles. The zero-order valence-electron chi connectivity index (χ0n) is 17.2. The first-order valence-electron chi connectivity index (χ1n) is 10.1. The standard InChI is InChI=1S/C23H23F2N3O2S/c1-16-21(10-11-22(29)27-12-14-31-15-13-27)23(30-20-8-4-18(25)5-9-20)28(26-16)19-6-2-17(24)3-7-19/h2-9H,10-15H2,1H3. The van der Waals surface area contributed by atoms with Gasteiger partial charge in [-0.2, -0.15) is 16.9 Å². The quantitative estimate of drug-likeness (QED) is 0.551. The highest BCUT2D eigenvalue weighted by atomic mass is 32.2. The number of benzene rings is 2. The van der Waals surface area contributed by atoms with Gasteiger partial charge in [0.2, 0.25) is 11.8 Å². The molecule has 0 atom stereocenters. The van der Waals surface area contributed by atoms with Crippen molar-refractivity contribution in [1.82, 2.24) is 14.7 Å². The second kappa shape index (κ2) is 9.51. The van der Waals surface area contributed by atoms with Gasteiger partial charge in [0, 0.05) is 36.6 Å². The minimum absolute atomic E-state index is 0.113. The molecular weight excluding hydrogens is 420 g/mol. The average Bonchev–Trinajstić information content (AvgIpc) is 3.09. The molecule has 5 nitrogen and oxygen atoms in total. The number of carbonyl (C=O) groups is 1. The maximum Gasteiger partial charge on any atom is 0.226 e. The summed E-state index contributed by atoms with van der Waals surface area (Å²) in [5.74, 6) is 2.23. The first-order chi connectivity index (χ1) is 15.0. The molecule has 8 heteroatoms. The molecule has 1 aliphatic heterocycles. The molecule has 1 fully saturated rings. The number of amides is 1. The summed E-state index contributed by atoms with van der Waals surface area (Å²) in [5, 5.41) is 4.58. The number of hydrogen-bond acceptors (Lipinski definition) is 4. The number of thioether (sulfide) groups is 1. The fraction of sp³-hybridized carbons (Fsp3) is 0.304. The molecule has 0 spiro atoms. The highest BCUT2D eigenvalue weighted by Gasteiger charge is 2.22. The van der Waals surface area contributed by atoms with Crippen molar-refractivity contribution in [3.8, 4) is 17.3 Å². The molecule has 2 heterocycles. The Morgan fingerprint density at radius 3 is 2.29 bits per heavy atom. The fourth-order valence-electron chi connectivity index (χ4n) is 3.51. The summed E-state index contributed by atoms with van der Waals surface area (Å²) in [6.45, 7) is 3.40. The third-order valence-electron chi connectivity index (χ3n) is 5.19. The minimum Gasteiger partial charge on any atom is -0.439 e. The van der Waals surface area contributed by atoms with E-state index in [4.69, 9.17) is 4.74 Å². The van der Waals surface area contributed by atoms with Crippen LogP contribution in [0, 0.1) is 18.6 Å². The Hall–Kier alpha value is -2.87. The van der Waals surface area contributed by atoms with E-state index < -0.39 is 0 Å². The van der Waals surface area contributed by atoms with E-state index in [1.54, 1.807) is 16.8 Å². The molecule has 4 rings (SSSR count). The van der Waals surface area contributed by atoms with Gasteiger partial charge < -0.3 is 9.64 Å². The van der Waals surface area contributed by atoms with Crippen molar-refractivity contribution in [1.29, 1.82) is 0 Å². The molecule has 0 N–H and O–H groups in total. The second-order valence-electron chi connectivity index (χ2n) is 7.31. The van der Waals surface area contributed by atoms with Crippen molar-refractivity contribution < 1.29 is 18.3 Å². The number of aryl methyl sites for hydroxylation is 1. The van der Waals surface area contributed by atoms with E-state index in [2.05, 4.69) is 5.10 Å². The Morgan fingerprint density at radius 1 is 1.03 bits per heavy atom. The van der Waals surface area contributed by atoms with Crippen molar-refractivity contribution in [3.05, 3.63) is 71.4 Å². The molecule has 31 heavy (non-hydrogen) atoms. The molecule has 0 saturated carbocycles. The summed E-state index contributed by atoms with van der Waals surface area (Å²) in [7, 11) is 0. The van der Waals surface area contributed by atoms with Crippen LogP contribution in [0.1, 0.15) is 17.7 Å². The van der Waals surface area contributed by atoms with Crippen LogP contribution in [-0.2, 0) is 11.2 Å². The van der Waals surface area contributed by atoms with Gasteiger partial charge in [-0.15, -0.1) is 0 Å². The Balaban J connectivity index is 1.63. The van der Waals surface area contributed by atoms with Crippen LogP contribution in [0.25, 0.3) is 5.69 Å². The normalized spacial score (nSPS) is 14.0. The molecule has 1 aliphatic rings. The van der Waals surface area contributed by atoms with E-state index in [9.17, 15) is 13.6 Å². The number of ether oxygens (including phenoxy) is 1. The molecule has 0 bridgehead atoms. The zero-order valence-corrected chi connectivity index (χ0v) is 18.0. The van der Waals surface area contributed by atoms with Crippen LogP contribution in [0.2, 0.25) is 0 Å². The van der Waals surface area contributed by atoms with Gasteiger partial charge in [0.25, 0.3) is 0 Å². The Labute approximate surface area is 184 Å². The monoisotopic (exact) mass is 443 g/mol. The number of rotatable bonds is 6. The Kier molecular flexibility index (Phi) is 6.56. The fourth-order valence-corrected chi connectivity index (χ4v) is 4.41. The lowest BCUT2D eigenvalue weighted by molar-refractivity contribution is -0.130. The minimum atomic E-state index is -0.360. The van der Waals surface area contributed by atoms with E-state index in [1.165, 1.54) is 36.4 Å². The van der Waals surface area contributed by atoms with Crippen LogP contribution in [0.4, 0.5) is 8.78 Å². The van der Waals surface area contributed by atoms with Gasteiger partial charge in [-0.25, -0.2) is 13.5 Å². The molecule has 0 unspecified atom stereocenters. The van der Waals surface area contributed by atoms with Gasteiger partial charge in [0.15, 0.2) is 0 Å². The lowest BCUT2D eigenvalue weighted by atomic mass is 10.1. The highest BCUT2D eigenvalue weighted by Crippen LogP contribution is 2.32. The second-order valence-corrected chi connectivity index (χ2v) is 8.53. The summed E-state index contributed by atoms with van der Waals surface area (Å²) in [6, 6.07) is 11.6. The zero-order chi connectivity index (χ0) is 21.8. The lowest BCUT2D eigenvalue weighted by Gasteiger charge is -2.26. The predicted molar refractivity (Wildman–Crippen MR) is 117 cm³/mol. The van der Waals surface area contributed by atoms with Crippen molar-refractivity contribution in [2.45, 2.75) is 19.8 Å². The summed E-state index contributed by atoms with van der Waals surface area (Å²) in [5.41, 5.74) is 2.16. The van der Waals surface area contributed by atoms with Gasteiger partial charge in [0.1, 0.15) is 17.4 Å². The topological polar surface area (TPSA) is 47.4 Å². The number of nitrogens with zero attached hydrogens (tertiary/aromatic N) is 3. The van der Waals surface area contributed by atoms with Crippen molar-refractivity contribution in [3.63, 3.8) is 0 Å². The Bertz CT molecular complexity index is 1050. The van der Waals surface area contributed by atoms with Gasteiger partial charge >= 0.3 is 0 Å². The van der Waals surface area contributed by atoms with Crippen molar-refractivity contribution in [2.24, 2.45) is 0 Å². The molecule has 1 amide bonds. The summed E-state index contributed by atoms with van der Waals surface area (Å²) in [4.78, 5) is 14.6. The van der Waals surface area contributed by atoms with Crippen LogP contribution in [0.3, 0.4) is 0 Å². The molecule has 2 aromatic carbocycles. The lowest BCUT2D eigenvalue weighted by Crippen LogP contribution is -2.38. The molecule has 1 aromatic heterocycles. The van der Waals surface area contributed by atoms with E-state index in [1.807, 2.05) is 23.6 Å². The third-order valence-corrected chi connectivity index (χ3v) is 6.13. The predicted octanol–water partition coefficient (Wildman–Crippen LogP) is 4.76. The molecule has 3 aromatic rings. The van der Waals surface area contributed by atoms with Crippen molar-refractivity contribution in [2.75, 3.05) is 24.6 Å². The summed E-state index contributed by atoms with van der Waals surface area (Å²) >= 11 is 1.86. The first-order valence-corrected chi connectivity index (χ1v) is 11.3. The van der Waals surface area contributed by atoms with Crippen LogP contribution in [-0.4, -0.2) is 45.2 Å². The van der Waals surface area contributed by atoms with Crippen molar-refractivity contribution >= 4 is 17.7 Å². The van der Waals surface area contributed by atoms with Crippen LogP contribution < -0.4 is 4.74 Å².